The average molecular weight is 329 g/mol. The quantitative estimate of drug-likeness (QED) is 0.641. The zero-order valence-electron chi connectivity index (χ0n) is 12.6. The van der Waals surface area contributed by atoms with E-state index in [1.165, 1.54) is 6.08 Å². The Labute approximate surface area is 137 Å². The zero-order chi connectivity index (χ0) is 16.9. The Morgan fingerprint density at radius 1 is 1.25 bits per heavy atom. The number of hydrogen-bond donors (Lipinski definition) is 1. The first-order valence-electron chi connectivity index (χ1n) is 7.68. The number of amides is 2. The molecule has 0 saturated carbocycles. The third-order valence-corrected chi connectivity index (χ3v) is 4.74. The Hall–Kier alpha value is -2.67. The maximum Gasteiger partial charge on any atom is 0.417 e. The van der Waals surface area contributed by atoms with E-state index in [1.807, 2.05) is 6.07 Å². The summed E-state index contributed by atoms with van der Waals surface area (Å²) < 4.78 is 10.0. The van der Waals surface area contributed by atoms with Crippen LogP contribution in [0.2, 0.25) is 0 Å². The average Bonchev–Trinajstić information content (AvgIpc) is 2.97. The summed E-state index contributed by atoms with van der Waals surface area (Å²) in [5.41, 5.74) is -1.28. The second-order valence-corrected chi connectivity index (χ2v) is 6.13. The van der Waals surface area contributed by atoms with Gasteiger partial charge in [-0.25, -0.2) is 14.5 Å². The molecular weight excluding hydrogens is 314 g/mol. The Morgan fingerprint density at radius 2 is 2.00 bits per heavy atom. The number of cyclic esters (lactones) is 1. The molecule has 24 heavy (non-hydrogen) atoms. The van der Waals surface area contributed by atoms with Crippen LogP contribution in [0.3, 0.4) is 0 Å². The van der Waals surface area contributed by atoms with Gasteiger partial charge in [0.25, 0.3) is 0 Å². The summed E-state index contributed by atoms with van der Waals surface area (Å²) in [6, 6.07) is 8.45. The van der Waals surface area contributed by atoms with Crippen molar-refractivity contribution in [3.8, 4) is 0 Å². The highest BCUT2D eigenvalue weighted by molar-refractivity contribution is 6.00. The lowest BCUT2D eigenvalue weighted by Gasteiger charge is -2.42. The van der Waals surface area contributed by atoms with Gasteiger partial charge in [-0.1, -0.05) is 30.3 Å². The van der Waals surface area contributed by atoms with Crippen LogP contribution >= 0.6 is 0 Å². The number of rotatable bonds is 2. The lowest BCUT2D eigenvalue weighted by molar-refractivity contribution is -0.189. The van der Waals surface area contributed by atoms with Crippen LogP contribution < -0.4 is 0 Å². The number of aliphatic hydroxyl groups is 1. The first kappa shape index (κ1) is 14.9. The van der Waals surface area contributed by atoms with Gasteiger partial charge in [-0.05, 0) is 17.7 Å². The minimum atomic E-state index is -2.03. The fourth-order valence-corrected chi connectivity index (χ4v) is 3.43. The number of esters is 1. The second kappa shape index (κ2) is 5.17. The molecule has 2 amide bonds. The van der Waals surface area contributed by atoms with E-state index in [0.717, 1.165) is 10.5 Å². The first-order valence-corrected chi connectivity index (χ1v) is 7.68. The number of carbonyl (C=O) groups is 3. The molecule has 7 heteroatoms. The number of carbonyl (C=O) groups excluding carboxylic acids is 3. The topological polar surface area (TPSA) is 93.1 Å². The van der Waals surface area contributed by atoms with Crippen molar-refractivity contribution in [2.75, 3.05) is 6.61 Å². The van der Waals surface area contributed by atoms with Gasteiger partial charge in [-0.2, -0.15) is 0 Å². The maximum atomic E-state index is 13.0. The van der Waals surface area contributed by atoms with Crippen LogP contribution in [0.4, 0.5) is 4.79 Å². The Bertz CT molecular complexity index is 745. The highest BCUT2D eigenvalue weighted by Crippen LogP contribution is 2.40. The molecule has 0 radical (unpaired) electrons. The van der Waals surface area contributed by atoms with E-state index in [2.05, 4.69) is 0 Å². The van der Waals surface area contributed by atoms with E-state index in [1.54, 1.807) is 30.3 Å². The summed E-state index contributed by atoms with van der Waals surface area (Å²) in [5, 5.41) is 10.6. The smallest absolute Gasteiger partial charge is 0.417 e. The summed E-state index contributed by atoms with van der Waals surface area (Å²) >= 11 is 0. The van der Waals surface area contributed by atoms with Crippen LogP contribution in [-0.4, -0.2) is 46.3 Å². The summed E-state index contributed by atoms with van der Waals surface area (Å²) in [6.07, 6.45) is 1.66. The Morgan fingerprint density at radius 3 is 2.71 bits per heavy atom. The van der Waals surface area contributed by atoms with Crippen LogP contribution in [0.15, 0.2) is 42.5 Å². The third-order valence-electron chi connectivity index (χ3n) is 4.74. The largest absolute Gasteiger partial charge is 0.456 e. The summed E-state index contributed by atoms with van der Waals surface area (Å²) in [5.74, 6) is -2.55. The number of nitrogens with zero attached hydrogens (tertiary/aromatic N) is 1. The van der Waals surface area contributed by atoms with E-state index < -0.39 is 41.6 Å². The first-order chi connectivity index (χ1) is 11.5. The molecule has 1 aromatic carbocycles. The number of imide groups is 1. The van der Waals surface area contributed by atoms with E-state index in [4.69, 9.17) is 9.47 Å². The van der Waals surface area contributed by atoms with E-state index in [-0.39, 0.29) is 13.0 Å². The Kier molecular flexibility index (Phi) is 3.21. The predicted molar refractivity (Wildman–Crippen MR) is 79.5 cm³/mol. The van der Waals surface area contributed by atoms with Gasteiger partial charge in [0.1, 0.15) is 18.8 Å². The van der Waals surface area contributed by atoms with Crippen LogP contribution in [-0.2, 0) is 19.1 Å². The van der Waals surface area contributed by atoms with Gasteiger partial charge in [-0.3, -0.25) is 4.79 Å². The van der Waals surface area contributed by atoms with Gasteiger partial charge in [0.2, 0.25) is 5.91 Å². The van der Waals surface area contributed by atoms with Crippen molar-refractivity contribution < 1.29 is 29.0 Å². The summed E-state index contributed by atoms with van der Waals surface area (Å²) in [7, 11) is 0. The van der Waals surface area contributed by atoms with Crippen molar-refractivity contribution in [2.24, 2.45) is 5.92 Å². The molecule has 7 nitrogen and oxygen atoms in total. The SMILES string of the molecule is O=C1OC[C@@H](c2ccccc2)N1C(=O)[C@@H]1C[C@@H]2C=C[C@@]1(O)C(=O)O2. The highest BCUT2D eigenvalue weighted by Gasteiger charge is 2.58. The lowest BCUT2D eigenvalue weighted by Crippen LogP contribution is -2.60. The monoisotopic (exact) mass is 329 g/mol. The molecule has 0 spiro atoms. The molecule has 3 aliphatic heterocycles. The van der Waals surface area contributed by atoms with Crippen molar-refractivity contribution in [3.63, 3.8) is 0 Å². The van der Waals surface area contributed by atoms with Crippen LogP contribution in [0.1, 0.15) is 18.0 Å². The minimum absolute atomic E-state index is 0.0451. The minimum Gasteiger partial charge on any atom is -0.456 e. The molecule has 3 heterocycles. The fraction of sp³-hybridized carbons (Fsp3) is 0.353. The predicted octanol–water partition coefficient (Wildman–Crippen LogP) is 0.939. The molecule has 1 aliphatic carbocycles. The van der Waals surface area contributed by atoms with Gasteiger partial charge >= 0.3 is 12.1 Å². The number of fused-ring (bicyclic) bond motifs is 2. The molecule has 0 unspecified atom stereocenters. The molecule has 5 rings (SSSR count). The van der Waals surface area contributed by atoms with Crippen molar-refractivity contribution in [1.82, 2.24) is 4.90 Å². The summed E-state index contributed by atoms with van der Waals surface area (Å²) in [4.78, 5) is 38.0. The highest BCUT2D eigenvalue weighted by atomic mass is 16.6. The van der Waals surface area contributed by atoms with E-state index in [9.17, 15) is 19.5 Å². The standard InChI is InChI=1S/C17H15NO6/c19-14(12-8-11-6-7-17(12,22)15(20)24-11)18-13(9-23-16(18)21)10-4-2-1-3-5-10/h1-7,11-13,22H,8-9H2/t11-,12-,13-,17-/m0/s1. The number of hydrogen-bond acceptors (Lipinski definition) is 6. The zero-order valence-corrected chi connectivity index (χ0v) is 12.6. The normalized spacial score (nSPS) is 34.2. The van der Waals surface area contributed by atoms with Crippen LogP contribution in [0, 0.1) is 5.92 Å². The molecule has 124 valence electrons. The molecule has 1 N–H and O–H groups in total. The molecule has 0 aromatic heterocycles. The second-order valence-electron chi connectivity index (χ2n) is 6.13. The Balaban J connectivity index is 1.67. The van der Waals surface area contributed by atoms with Crippen molar-refractivity contribution in [3.05, 3.63) is 48.0 Å². The van der Waals surface area contributed by atoms with E-state index in [0.29, 0.717) is 0 Å². The summed E-state index contributed by atoms with van der Waals surface area (Å²) in [6.45, 7) is 0.0451. The van der Waals surface area contributed by atoms with Crippen LogP contribution in [0.25, 0.3) is 0 Å². The maximum absolute atomic E-state index is 13.0. The molecule has 2 fully saturated rings. The molecule has 4 atom stereocenters. The number of benzene rings is 1. The van der Waals surface area contributed by atoms with Crippen LogP contribution in [0.5, 0.6) is 0 Å². The third kappa shape index (κ3) is 2.05. The van der Waals surface area contributed by atoms with Gasteiger partial charge in [0, 0.05) is 6.42 Å². The molecule has 2 saturated heterocycles. The van der Waals surface area contributed by atoms with Crippen molar-refractivity contribution in [1.29, 1.82) is 0 Å². The van der Waals surface area contributed by atoms with Gasteiger partial charge in [-0.15, -0.1) is 0 Å². The van der Waals surface area contributed by atoms with Crippen molar-refractivity contribution in [2.45, 2.75) is 24.2 Å². The van der Waals surface area contributed by atoms with Gasteiger partial charge in [0.15, 0.2) is 5.60 Å². The molecule has 2 bridgehead atoms. The lowest BCUT2D eigenvalue weighted by atomic mass is 9.75. The number of ether oxygens (including phenoxy) is 2. The molecule has 4 aliphatic rings. The van der Waals surface area contributed by atoms with Crippen molar-refractivity contribution >= 4 is 18.0 Å². The fourth-order valence-electron chi connectivity index (χ4n) is 3.43. The molecular formula is C17H15NO6. The van der Waals surface area contributed by atoms with E-state index >= 15 is 0 Å². The van der Waals surface area contributed by atoms with Gasteiger partial charge in [0.05, 0.1) is 5.92 Å². The van der Waals surface area contributed by atoms with Gasteiger partial charge < -0.3 is 14.6 Å². The molecule has 1 aromatic rings.